The number of fused-ring (bicyclic) bond motifs is 1. The van der Waals surface area contributed by atoms with Gasteiger partial charge in [0.05, 0.1) is 11.9 Å². The summed E-state index contributed by atoms with van der Waals surface area (Å²) in [5, 5.41) is 17.0. The largest absolute Gasteiger partial charge is 0.480 e. The Morgan fingerprint density at radius 3 is 2.79 bits per heavy atom. The van der Waals surface area contributed by atoms with E-state index in [9.17, 15) is 4.79 Å². The molecular weight excluding hydrogens is 370 g/mol. The molecule has 0 aliphatic carbocycles. The monoisotopic (exact) mass is 399 g/mol. The van der Waals surface area contributed by atoms with Crippen molar-refractivity contribution in [3.8, 4) is 0 Å². The number of nitrogens with one attached hydrogen (secondary N) is 1. The Bertz CT molecular complexity index is 961. The smallest absolute Gasteiger partial charge is 0.325 e. The van der Waals surface area contributed by atoms with Gasteiger partial charge in [0.25, 0.3) is 0 Å². The first-order chi connectivity index (χ1) is 13.8. The van der Waals surface area contributed by atoms with Gasteiger partial charge in [-0.05, 0) is 45.0 Å². The zero-order valence-corrected chi connectivity index (χ0v) is 17.4. The molecule has 29 heavy (non-hydrogen) atoms. The van der Waals surface area contributed by atoms with Crippen molar-refractivity contribution < 1.29 is 9.90 Å². The molecule has 0 bridgehead atoms. The van der Waals surface area contributed by atoms with Gasteiger partial charge >= 0.3 is 5.97 Å². The number of carboxylic acid groups (broad SMARTS) is 1. The molecule has 0 saturated carbocycles. The number of aliphatic carboxylic acids is 1. The normalized spacial score (nSPS) is 12.8. The lowest BCUT2D eigenvalue weighted by Gasteiger charge is -2.23. The van der Waals surface area contributed by atoms with E-state index in [1.54, 1.807) is 18.6 Å². The highest BCUT2D eigenvalue weighted by Gasteiger charge is 2.16. The summed E-state index contributed by atoms with van der Waals surface area (Å²) in [5.41, 5.74) is 1.53. The van der Waals surface area contributed by atoms with Crippen LogP contribution >= 0.6 is 0 Å². The summed E-state index contributed by atoms with van der Waals surface area (Å²) in [4.78, 5) is 22.1. The molecule has 9 heteroatoms. The summed E-state index contributed by atoms with van der Waals surface area (Å²) in [7, 11) is 4.21. The van der Waals surface area contributed by atoms with Gasteiger partial charge in [0, 0.05) is 30.5 Å². The number of carbonyl (C=O) groups is 1. The molecule has 1 atom stereocenters. The van der Waals surface area contributed by atoms with Crippen molar-refractivity contribution in [2.75, 3.05) is 26.0 Å². The third-order valence-corrected chi connectivity index (χ3v) is 5.01. The molecule has 0 aliphatic rings. The van der Waals surface area contributed by atoms with E-state index in [0.717, 1.165) is 30.5 Å². The quantitative estimate of drug-likeness (QED) is 0.540. The Kier molecular flexibility index (Phi) is 6.48. The molecule has 3 rings (SSSR count). The van der Waals surface area contributed by atoms with Crippen molar-refractivity contribution >= 4 is 28.6 Å². The number of hydrogen-bond acceptors (Lipinski definition) is 6. The SMILES string of the molecule is CC(C)[C@H](CCN(C)C)Cn1ccc2cnc(Nc3cnn(CC(=O)O)c3)nc21. The Balaban J connectivity index is 1.77. The van der Waals surface area contributed by atoms with Crippen LogP contribution in [0.25, 0.3) is 11.0 Å². The van der Waals surface area contributed by atoms with Crippen molar-refractivity contribution in [3.05, 3.63) is 30.9 Å². The van der Waals surface area contributed by atoms with Crippen LogP contribution in [0.5, 0.6) is 0 Å². The van der Waals surface area contributed by atoms with Gasteiger partial charge in [-0.3, -0.25) is 9.48 Å². The highest BCUT2D eigenvalue weighted by Crippen LogP contribution is 2.22. The molecule has 2 N–H and O–H groups in total. The minimum atomic E-state index is -0.941. The predicted octanol–water partition coefficient (Wildman–Crippen LogP) is 2.68. The van der Waals surface area contributed by atoms with Gasteiger partial charge in [-0.1, -0.05) is 13.8 Å². The lowest BCUT2D eigenvalue weighted by atomic mass is 9.92. The second-order valence-electron chi connectivity index (χ2n) is 7.98. The Morgan fingerprint density at radius 1 is 1.31 bits per heavy atom. The van der Waals surface area contributed by atoms with Crippen LogP contribution in [0.2, 0.25) is 0 Å². The van der Waals surface area contributed by atoms with E-state index in [0.29, 0.717) is 23.5 Å². The second-order valence-corrected chi connectivity index (χ2v) is 7.98. The van der Waals surface area contributed by atoms with E-state index >= 15 is 0 Å². The van der Waals surface area contributed by atoms with Crippen molar-refractivity contribution in [2.45, 2.75) is 33.4 Å². The molecule has 9 nitrogen and oxygen atoms in total. The van der Waals surface area contributed by atoms with E-state index < -0.39 is 5.97 Å². The highest BCUT2D eigenvalue weighted by atomic mass is 16.4. The van der Waals surface area contributed by atoms with Crippen LogP contribution < -0.4 is 5.32 Å². The maximum absolute atomic E-state index is 10.8. The van der Waals surface area contributed by atoms with Crippen molar-refractivity contribution in [3.63, 3.8) is 0 Å². The molecule has 3 aromatic heterocycles. The maximum Gasteiger partial charge on any atom is 0.325 e. The Hall–Kier alpha value is -2.94. The molecule has 0 aromatic carbocycles. The predicted molar refractivity (Wildman–Crippen MR) is 112 cm³/mol. The third kappa shape index (κ3) is 5.54. The average molecular weight is 399 g/mol. The summed E-state index contributed by atoms with van der Waals surface area (Å²) in [6, 6.07) is 2.04. The van der Waals surface area contributed by atoms with E-state index in [-0.39, 0.29) is 6.54 Å². The number of nitrogens with zero attached hydrogens (tertiary/aromatic N) is 6. The number of carboxylic acids is 1. The van der Waals surface area contributed by atoms with Crippen LogP contribution in [0.3, 0.4) is 0 Å². The second kappa shape index (κ2) is 9.04. The number of aromatic nitrogens is 5. The van der Waals surface area contributed by atoms with Crippen LogP contribution in [0.1, 0.15) is 20.3 Å². The molecule has 0 spiro atoms. The molecule has 0 fully saturated rings. The van der Waals surface area contributed by atoms with E-state index in [1.165, 1.54) is 4.68 Å². The van der Waals surface area contributed by atoms with Crippen molar-refractivity contribution in [2.24, 2.45) is 11.8 Å². The van der Waals surface area contributed by atoms with Crippen LogP contribution in [0.4, 0.5) is 11.6 Å². The topological polar surface area (TPSA) is 101 Å². The minimum absolute atomic E-state index is 0.187. The van der Waals surface area contributed by atoms with Crippen LogP contribution in [0, 0.1) is 11.8 Å². The van der Waals surface area contributed by atoms with Gasteiger partial charge in [0.2, 0.25) is 5.95 Å². The van der Waals surface area contributed by atoms with Gasteiger partial charge in [-0.2, -0.15) is 10.1 Å². The van der Waals surface area contributed by atoms with Gasteiger partial charge in [-0.25, -0.2) is 4.98 Å². The number of anilines is 2. The maximum atomic E-state index is 10.8. The van der Waals surface area contributed by atoms with Gasteiger partial charge in [0.15, 0.2) is 0 Å². The molecule has 3 aromatic rings. The lowest BCUT2D eigenvalue weighted by Crippen LogP contribution is -2.23. The highest BCUT2D eigenvalue weighted by molar-refractivity contribution is 5.76. The minimum Gasteiger partial charge on any atom is -0.480 e. The molecule has 0 unspecified atom stereocenters. The Morgan fingerprint density at radius 2 is 2.10 bits per heavy atom. The fourth-order valence-corrected chi connectivity index (χ4v) is 3.27. The van der Waals surface area contributed by atoms with E-state index in [2.05, 4.69) is 64.0 Å². The van der Waals surface area contributed by atoms with E-state index in [1.807, 2.05) is 6.07 Å². The van der Waals surface area contributed by atoms with Crippen LogP contribution in [-0.4, -0.2) is 60.9 Å². The molecule has 0 aliphatic heterocycles. The molecule has 3 heterocycles. The van der Waals surface area contributed by atoms with Crippen LogP contribution in [0.15, 0.2) is 30.9 Å². The average Bonchev–Trinajstić information content (AvgIpc) is 3.24. The van der Waals surface area contributed by atoms with Gasteiger partial charge in [0.1, 0.15) is 12.2 Å². The summed E-state index contributed by atoms with van der Waals surface area (Å²) >= 11 is 0. The first kappa shape index (κ1) is 20.8. The molecule has 156 valence electrons. The molecule has 0 amide bonds. The zero-order chi connectivity index (χ0) is 21.0. The van der Waals surface area contributed by atoms with Crippen LogP contribution in [-0.2, 0) is 17.9 Å². The standard InChI is InChI=1S/C20H29N7O2/c1-14(2)16(5-7-25(3)4)11-26-8-6-15-9-21-20(24-19(15)26)23-17-10-22-27(12-17)13-18(28)29/h6,8-10,12,14,16H,5,7,11,13H2,1-4H3,(H,28,29)(H,21,23,24)/t16-/m1/s1. The molecular formula is C20H29N7O2. The molecule has 0 saturated heterocycles. The fraction of sp³-hybridized carbons (Fsp3) is 0.500. The first-order valence-electron chi connectivity index (χ1n) is 9.79. The number of rotatable bonds is 10. The van der Waals surface area contributed by atoms with Gasteiger partial charge < -0.3 is 19.9 Å². The van der Waals surface area contributed by atoms with Crippen molar-refractivity contribution in [1.82, 2.24) is 29.2 Å². The lowest BCUT2D eigenvalue weighted by molar-refractivity contribution is -0.137. The summed E-state index contributed by atoms with van der Waals surface area (Å²) in [6.45, 7) is 6.31. The fourth-order valence-electron chi connectivity index (χ4n) is 3.27. The third-order valence-electron chi connectivity index (χ3n) is 5.01. The van der Waals surface area contributed by atoms with Gasteiger partial charge in [-0.15, -0.1) is 0 Å². The number of hydrogen-bond donors (Lipinski definition) is 2. The Labute approximate surface area is 170 Å². The summed E-state index contributed by atoms with van der Waals surface area (Å²) < 4.78 is 3.54. The summed E-state index contributed by atoms with van der Waals surface area (Å²) in [5.74, 6) is 0.645. The van der Waals surface area contributed by atoms with E-state index in [4.69, 9.17) is 5.11 Å². The molecule has 0 radical (unpaired) electrons. The first-order valence-corrected chi connectivity index (χ1v) is 9.79. The van der Waals surface area contributed by atoms with Crippen molar-refractivity contribution in [1.29, 1.82) is 0 Å². The summed E-state index contributed by atoms with van der Waals surface area (Å²) in [6.07, 6.45) is 8.18. The zero-order valence-electron chi connectivity index (χ0n) is 17.4.